The van der Waals surface area contributed by atoms with E-state index >= 15 is 0 Å². The third-order valence-corrected chi connectivity index (χ3v) is 2.47. The van der Waals surface area contributed by atoms with Gasteiger partial charge in [-0.25, -0.2) is 0 Å². The molecule has 1 amide bonds. The standard InChI is InChI=1S/C14H13NO2/c1-10(14(15)16)7-13-8-12(9-17-13)11-5-3-2-4-6-11/h2-9H,1H3,(H2,15,16)/b10-7+. The van der Waals surface area contributed by atoms with Crippen molar-refractivity contribution in [3.63, 3.8) is 0 Å². The van der Waals surface area contributed by atoms with Crippen LogP contribution in [0.3, 0.4) is 0 Å². The van der Waals surface area contributed by atoms with Gasteiger partial charge >= 0.3 is 0 Å². The highest BCUT2D eigenvalue weighted by Gasteiger charge is 2.04. The minimum absolute atomic E-state index is 0.442. The normalized spacial score (nSPS) is 11.5. The molecular weight excluding hydrogens is 214 g/mol. The topological polar surface area (TPSA) is 56.2 Å². The maximum atomic E-state index is 10.9. The van der Waals surface area contributed by atoms with Gasteiger partial charge in [-0.15, -0.1) is 0 Å². The fourth-order valence-electron chi connectivity index (χ4n) is 1.50. The first kappa shape index (κ1) is 11.2. The number of nitrogens with two attached hydrogens (primary N) is 1. The molecule has 0 saturated heterocycles. The van der Waals surface area contributed by atoms with Crippen LogP contribution in [0.1, 0.15) is 12.7 Å². The van der Waals surface area contributed by atoms with Crippen molar-refractivity contribution in [3.05, 3.63) is 54.0 Å². The molecule has 1 heterocycles. The van der Waals surface area contributed by atoms with Crippen molar-refractivity contribution in [2.24, 2.45) is 5.73 Å². The van der Waals surface area contributed by atoms with Gasteiger partial charge < -0.3 is 10.2 Å². The van der Waals surface area contributed by atoms with Gasteiger partial charge in [-0.3, -0.25) is 4.79 Å². The van der Waals surface area contributed by atoms with Gasteiger partial charge in [-0.2, -0.15) is 0 Å². The Kier molecular flexibility index (Phi) is 3.10. The number of hydrogen-bond acceptors (Lipinski definition) is 2. The zero-order chi connectivity index (χ0) is 12.3. The van der Waals surface area contributed by atoms with Crippen molar-refractivity contribution in [2.75, 3.05) is 0 Å². The van der Waals surface area contributed by atoms with Gasteiger partial charge in [0.25, 0.3) is 0 Å². The lowest BCUT2D eigenvalue weighted by molar-refractivity contribution is -0.114. The van der Waals surface area contributed by atoms with E-state index in [0.717, 1.165) is 11.1 Å². The number of furan rings is 1. The molecule has 0 aliphatic carbocycles. The Morgan fingerprint density at radius 1 is 1.24 bits per heavy atom. The van der Waals surface area contributed by atoms with Crippen LogP contribution in [-0.4, -0.2) is 5.91 Å². The van der Waals surface area contributed by atoms with E-state index in [1.165, 1.54) is 0 Å². The summed E-state index contributed by atoms with van der Waals surface area (Å²) >= 11 is 0. The summed E-state index contributed by atoms with van der Waals surface area (Å²) in [4.78, 5) is 10.9. The van der Waals surface area contributed by atoms with Gasteiger partial charge in [-0.05, 0) is 24.6 Å². The van der Waals surface area contributed by atoms with Gasteiger partial charge in [0, 0.05) is 11.1 Å². The molecule has 1 aromatic carbocycles. The van der Waals surface area contributed by atoms with E-state index in [0.29, 0.717) is 11.3 Å². The molecule has 2 aromatic rings. The van der Waals surface area contributed by atoms with Crippen LogP contribution in [0, 0.1) is 0 Å². The van der Waals surface area contributed by atoms with Crippen LogP contribution in [0.4, 0.5) is 0 Å². The van der Waals surface area contributed by atoms with Crippen molar-refractivity contribution in [1.82, 2.24) is 0 Å². The monoisotopic (exact) mass is 227 g/mol. The number of carbonyl (C=O) groups is 1. The molecule has 0 aliphatic heterocycles. The van der Waals surface area contributed by atoms with Gasteiger partial charge in [-0.1, -0.05) is 30.3 Å². The summed E-state index contributed by atoms with van der Waals surface area (Å²) in [6.45, 7) is 1.66. The van der Waals surface area contributed by atoms with Crippen LogP contribution in [0.15, 0.2) is 52.7 Å². The Labute approximate surface area is 99.6 Å². The first-order valence-corrected chi connectivity index (χ1v) is 5.29. The van der Waals surface area contributed by atoms with Crippen LogP contribution >= 0.6 is 0 Å². The van der Waals surface area contributed by atoms with Gasteiger partial charge in [0.15, 0.2) is 0 Å². The summed E-state index contributed by atoms with van der Waals surface area (Å²) in [5, 5.41) is 0. The van der Waals surface area contributed by atoms with Crippen LogP contribution < -0.4 is 5.73 Å². The van der Waals surface area contributed by atoms with Crippen LogP contribution in [0.2, 0.25) is 0 Å². The van der Waals surface area contributed by atoms with Crippen molar-refractivity contribution >= 4 is 12.0 Å². The van der Waals surface area contributed by atoms with Crippen LogP contribution in [-0.2, 0) is 4.79 Å². The SMILES string of the molecule is C/C(=C\c1cc(-c2ccccc2)co1)C(N)=O. The number of amides is 1. The Bertz CT molecular complexity index is 553. The molecule has 0 aliphatic rings. The van der Waals surface area contributed by atoms with Crippen molar-refractivity contribution in [1.29, 1.82) is 0 Å². The smallest absolute Gasteiger partial charge is 0.244 e. The second-order valence-corrected chi connectivity index (χ2v) is 3.80. The highest BCUT2D eigenvalue weighted by Crippen LogP contribution is 2.22. The first-order chi connectivity index (χ1) is 8.16. The summed E-state index contributed by atoms with van der Waals surface area (Å²) in [5.41, 5.74) is 7.68. The Morgan fingerprint density at radius 2 is 1.94 bits per heavy atom. The van der Waals surface area contributed by atoms with Crippen molar-refractivity contribution in [2.45, 2.75) is 6.92 Å². The third-order valence-electron chi connectivity index (χ3n) is 2.47. The largest absolute Gasteiger partial charge is 0.464 e. The van der Waals surface area contributed by atoms with E-state index in [1.807, 2.05) is 36.4 Å². The minimum Gasteiger partial charge on any atom is -0.464 e. The van der Waals surface area contributed by atoms with E-state index in [2.05, 4.69) is 0 Å². The summed E-state index contributed by atoms with van der Waals surface area (Å²) in [6, 6.07) is 11.8. The summed E-state index contributed by atoms with van der Waals surface area (Å²) < 4.78 is 5.36. The summed E-state index contributed by atoms with van der Waals surface area (Å²) in [5.74, 6) is 0.183. The van der Waals surface area contributed by atoms with Crippen molar-refractivity contribution in [3.8, 4) is 11.1 Å². The van der Waals surface area contributed by atoms with E-state index in [-0.39, 0.29) is 0 Å². The predicted octanol–water partition coefficient (Wildman–Crippen LogP) is 2.84. The highest BCUT2D eigenvalue weighted by molar-refractivity contribution is 5.95. The highest BCUT2D eigenvalue weighted by atomic mass is 16.3. The fraction of sp³-hybridized carbons (Fsp3) is 0.0714. The summed E-state index contributed by atoms with van der Waals surface area (Å²) in [6.07, 6.45) is 3.30. The molecule has 0 saturated carbocycles. The first-order valence-electron chi connectivity index (χ1n) is 5.29. The maximum Gasteiger partial charge on any atom is 0.244 e. The Morgan fingerprint density at radius 3 is 2.59 bits per heavy atom. The number of primary amides is 1. The van der Waals surface area contributed by atoms with Gasteiger partial charge in [0.1, 0.15) is 5.76 Å². The van der Waals surface area contributed by atoms with E-state index in [4.69, 9.17) is 10.2 Å². The maximum absolute atomic E-state index is 10.9. The van der Waals surface area contributed by atoms with E-state index in [1.54, 1.807) is 19.3 Å². The lowest BCUT2D eigenvalue weighted by atomic mass is 10.1. The average molecular weight is 227 g/mol. The van der Waals surface area contributed by atoms with Crippen molar-refractivity contribution < 1.29 is 9.21 Å². The molecule has 2 N–H and O–H groups in total. The molecule has 1 aromatic heterocycles. The van der Waals surface area contributed by atoms with Crippen LogP contribution in [0.25, 0.3) is 17.2 Å². The molecule has 0 spiro atoms. The molecule has 17 heavy (non-hydrogen) atoms. The predicted molar refractivity (Wildman–Crippen MR) is 67.0 cm³/mol. The molecule has 0 unspecified atom stereocenters. The Balaban J connectivity index is 2.29. The molecular formula is C14H13NO2. The molecule has 2 rings (SSSR count). The molecule has 86 valence electrons. The second kappa shape index (κ2) is 4.70. The number of benzene rings is 1. The molecule has 3 heteroatoms. The van der Waals surface area contributed by atoms with Crippen LogP contribution in [0.5, 0.6) is 0 Å². The van der Waals surface area contributed by atoms with Gasteiger partial charge in [0.05, 0.1) is 6.26 Å². The lowest BCUT2D eigenvalue weighted by Gasteiger charge is -1.93. The summed E-state index contributed by atoms with van der Waals surface area (Å²) in [7, 11) is 0. The number of hydrogen-bond donors (Lipinski definition) is 1. The second-order valence-electron chi connectivity index (χ2n) is 3.80. The molecule has 0 bridgehead atoms. The molecule has 0 atom stereocenters. The molecule has 3 nitrogen and oxygen atoms in total. The molecule has 0 fully saturated rings. The Hall–Kier alpha value is -2.29. The lowest BCUT2D eigenvalue weighted by Crippen LogP contribution is -2.11. The molecule has 0 radical (unpaired) electrons. The average Bonchev–Trinajstić information content (AvgIpc) is 2.78. The number of rotatable bonds is 3. The van der Waals surface area contributed by atoms with Gasteiger partial charge in [0.2, 0.25) is 5.91 Å². The zero-order valence-corrected chi connectivity index (χ0v) is 9.51. The third kappa shape index (κ3) is 2.64. The van der Waals surface area contributed by atoms with E-state index in [9.17, 15) is 4.79 Å². The number of carbonyl (C=O) groups excluding carboxylic acids is 1. The quantitative estimate of drug-likeness (QED) is 0.820. The minimum atomic E-state index is -0.442. The van der Waals surface area contributed by atoms with E-state index < -0.39 is 5.91 Å². The zero-order valence-electron chi connectivity index (χ0n) is 9.51. The fourth-order valence-corrected chi connectivity index (χ4v) is 1.50.